The lowest BCUT2D eigenvalue weighted by atomic mass is 9.95. The van der Waals surface area contributed by atoms with Crippen molar-refractivity contribution in [1.29, 1.82) is 0 Å². The molecule has 2 amide bonds. The van der Waals surface area contributed by atoms with Gasteiger partial charge in [-0.2, -0.15) is 0 Å². The Hall–Kier alpha value is -1.10. The van der Waals surface area contributed by atoms with Gasteiger partial charge in [-0.1, -0.05) is 19.3 Å². The first kappa shape index (κ1) is 14.3. The van der Waals surface area contributed by atoms with Gasteiger partial charge in [-0.05, 0) is 38.5 Å². The molecule has 108 valence electrons. The highest BCUT2D eigenvalue weighted by Gasteiger charge is 2.40. The first-order chi connectivity index (χ1) is 8.99. The van der Waals surface area contributed by atoms with E-state index in [0.29, 0.717) is 0 Å². The first-order valence-corrected chi connectivity index (χ1v) is 7.30. The predicted octanol–water partition coefficient (Wildman–Crippen LogP) is 0.712. The number of carbonyl (C=O) groups excluding carboxylic acids is 2. The molecule has 19 heavy (non-hydrogen) atoms. The summed E-state index contributed by atoms with van der Waals surface area (Å²) in [5.74, 6) is -0.945. The van der Waals surface area contributed by atoms with Gasteiger partial charge in [-0.3, -0.25) is 9.59 Å². The predicted molar refractivity (Wildman–Crippen MR) is 71.4 cm³/mol. The summed E-state index contributed by atoms with van der Waals surface area (Å²) in [6, 6.07) is 0.135. The Morgan fingerprint density at radius 1 is 1.11 bits per heavy atom. The molecule has 1 atom stereocenters. The topological polar surface area (TPSA) is 78.4 Å². The van der Waals surface area contributed by atoms with Gasteiger partial charge < -0.3 is 15.7 Å². The zero-order valence-electron chi connectivity index (χ0n) is 11.6. The molecule has 0 bridgehead atoms. The molecule has 2 fully saturated rings. The molecule has 2 rings (SSSR count). The van der Waals surface area contributed by atoms with Crippen molar-refractivity contribution >= 4 is 11.8 Å². The molecule has 0 aromatic carbocycles. The molecule has 0 aliphatic heterocycles. The molecule has 2 aliphatic rings. The van der Waals surface area contributed by atoms with E-state index in [2.05, 4.69) is 10.6 Å². The Morgan fingerprint density at radius 3 is 2.32 bits per heavy atom. The smallest absolute Gasteiger partial charge is 0.309 e. The zero-order valence-corrected chi connectivity index (χ0v) is 11.6. The highest BCUT2D eigenvalue weighted by molar-refractivity contribution is 6.35. The number of carbonyl (C=O) groups is 2. The molecule has 0 spiro atoms. The highest BCUT2D eigenvalue weighted by Crippen LogP contribution is 2.38. The van der Waals surface area contributed by atoms with Gasteiger partial charge in [-0.15, -0.1) is 0 Å². The van der Waals surface area contributed by atoms with Crippen LogP contribution < -0.4 is 10.6 Å². The van der Waals surface area contributed by atoms with Gasteiger partial charge >= 0.3 is 11.8 Å². The van der Waals surface area contributed by atoms with E-state index in [9.17, 15) is 14.7 Å². The van der Waals surface area contributed by atoms with Crippen molar-refractivity contribution in [2.45, 2.75) is 63.5 Å². The maximum Gasteiger partial charge on any atom is 0.309 e. The third-order valence-corrected chi connectivity index (χ3v) is 4.21. The molecule has 2 aliphatic carbocycles. The van der Waals surface area contributed by atoms with Crippen LogP contribution in [0.2, 0.25) is 0 Å². The molecule has 2 saturated carbocycles. The zero-order chi connectivity index (χ0) is 13.9. The van der Waals surface area contributed by atoms with Crippen LogP contribution in [0.4, 0.5) is 0 Å². The summed E-state index contributed by atoms with van der Waals surface area (Å²) in [5, 5.41) is 15.4. The number of amides is 2. The minimum absolute atomic E-state index is 0.135. The van der Waals surface area contributed by atoms with Crippen LogP contribution >= 0.6 is 0 Å². The van der Waals surface area contributed by atoms with E-state index in [1.54, 1.807) is 6.92 Å². The van der Waals surface area contributed by atoms with Crippen LogP contribution in [0.15, 0.2) is 0 Å². The Labute approximate surface area is 114 Å². The summed E-state index contributed by atoms with van der Waals surface area (Å²) in [6.07, 6.45) is 7.35. The maximum atomic E-state index is 11.7. The molecular weight excluding hydrogens is 244 g/mol. The summed E-state index contributed by atoms with van der Waals surface area (Å²) in [7, 11) is 0. The number of nitrogens with one attached hydrogen (secondary N) is 2. The van der Waals surface area contributed by atoms with E-state index in [4.69, 9.17) is 0 Å². The molecule has 1 unspecified atom stereocenters. The fourth-order valence-electron chi connectivity index (χ4n) is 2.69. The van der Waals surface area contributed by atoms with Crippen LogP contribution in [0.3, 0.4) is 0 Å². The van der Waals surface area contributed by atoms with Crippen molar-refractivity contribution < 1.29 is 14.7 Å². The molecular formula is C14H24N2O3. The van der Waals surface area contributed by atoms with Crippen molar-refractivity contribution in [2.24, 2.45) is 5.92 Å². The molecule has 0 aromatic heterocycles. The average molecular weight is 268 g/mol. The summed E-state index contributed by atoms with van der Waals surface area (Å²) in [4.78, 5) is 23.4. The van der Waals surface area contributed by atoms with Gasteiger partial charge in [0.25, 0.3) is 0 Å². The second kappa shape index (κ2) is 5.90. The van der Waals surface area contributed by atoms with E-state index in [0.717, 1.165) is 38.5 Å². The molecule has 0 heterocycles. The molecule has 0 saturated heterocycles. The summed E-state index contributed by atoms with van der Waals surface area (Å²) in [6.45, 7) is 1.86. The van der Waals surface area contributed by atoms with E-state index < -0.39 is 17.4 Å². The summed E-state index contributed by atoms with van der Waals surface area (Å²) in [5.41, 5.74) is -0.888. The molecule has 5 heteroatoms. The largest absolute Gasteiger partial charge is 0.388 e. The third-order valence-electron chi connectivity index (χ3n) is 4.21. The Balaban J connectivity index is 1.71. The maximum absolute atomic E-state index is 11.7. The van der Waals surface area contributed by atoms with E-state index >= 15 is 0 Å². The van der Waals surface area contributed by atoms with Crippen LogP contribution in [0, 0.1) is 5.92 Å². The van der Waals surface area contributed by atoms with E-state index in [-0.39, 0.29) is 18.5 Å². The fourth-order valence-corrected chi connectivity index (χ4v) is 2.69. The van der Waals surface area contributed by atoms with Gasteiger partial charge in [0.2, 0.25) is 0 Å². The van der Waals surface area contributed by atoms with E-state index in [1.807, 2.05) is 0 Å². The second-order valence-electron chi connectivity index (χ2n) is 6.12. The Morgan fingerprint density at radius 2 is 1.74 bits per heavy atom. The van der Waals surface area contributed by atoms with E-state index in [1.165, 1.54) is 6.42 Å². The van der Waals surface area contributed by atoms with Crippen molar-refractivity contribution in [1.82, 2.24) is 10.6 Å². The second-order valence-corrected chi connectivity index (χ2v) is 6.12. The van der Waals surface area contributed by atoms with Crippen LogP contribution in [0.25, 0.3) is 0 Å². The lowest BCUT2D eigenvalue weighted by molar-refractivity contribution is -0.140. The SMILES string of the molecule is CC(O)(CNC(=O)C(=O)NC1CCCCC1)C1CC1. The number of hydrogen-bond donors (Lipinski definition) is 3. The number of hydrogen-bond acceptors (Lipinski definition) is 3. The lowest BCUT2D eigenvalue weighted by Gasteiger charge is -2.24. The minimum Gasteiger partial charge on any atom is -0.388 e. The standard InChI is InChI=1S/C14H24N2O3/c1-14(19,10-7-8-10)9-15-12(17)13(18)16-11-5-3-2-4-6-11/h10-11,19H,2-9H2,1H3,(H,15,17)(H,16,18). The quantitative estimate of drug-likeness (QED) is 0.657. The number of rotatable bonds is 4. The molecule has 0 aromatic rings. The lowest BCUT2D eigenvalue weighted by Crippen LogP contribution is -2.49. The van der Waals surface area contributed by atoms with Crippen LogP contribution in [-0.2, 0) is 9.59 Å². The highest BCUT2D eigenvalue weighted by atomic mass is 16.3. The molecule has 5 nitrogen and oxygen atoms in total. The van der Waals surface area contributed by atoms with Crippen molar-refractivity contribution in [3.8, 4) is 0 Å². The monoisotopic (exact) mass is 268 g/mol. The van der Waals surface area contributed by atoms with Crippen molar-refractivity contribution in [2.75, 3.05) is 6.54 Å². The summed E-state index contributed by atoms with van der Waals surface area (Å²) >= 11 is 0. The van der Waals surface area contributed by atoms with Gasteiger partial charge in [0.05, 0.1) is 5.60 Å². The fraction of sp³-hybridized carbons (Fsp3) is 0.857. The third kappa shape index (κ3) is 4.20. The Bertz CT molecular complexity index is 345. The van der Waals surface area contributed by atoms with Crippen molar-refractivity contribution in [3.63, 3.8) is 0 Å². The normalized spacial score (nSPS) is 23.5. The minimum atomic E-state index is -0.888. The summed E-state index contributed by atoms with van der Waals surface area (Å²) < 4.78 is 0. The average Bonchev–Trinajstić information content (AvgIpc) is 3.22. The van der Waals surface area contributed by atoms with Gasteiger partial charge in [0.1, 0.15) is 0 Å². The van der Waals surface area contributed by atoms with Crippen molar-refractivity contribution in [3.05, 3.63) is 0 Å². The van der Waals surface area contributed by atoms with Crippen LogP contribution in [-0.4, -0.2) is 35.1 Å². The van der Waals surface area contributed by atoms with Gasteiger partial charge in [0, 0.05) is 12.6 Å². The van der Waals surface area contributed by atoms with Crippen LogP contribution in [0.5, 0.6) is 0 Å². The Kier molecular flexibility index (Phi) is 4.45. The van der Waals surface area contributed by atoms with Crippen LogP contribution in [0.1, 0.15) is 51.9 Å². The molecule has 3 N–H and O–H groups in total. The first-order valence-electron chi connectivity index (χ1n) is 7.30. The van der Waals surface area contributed by atoms with Gasteiger partial charge in [-0.25, -0.2) is 0 Å². The molecule has 0 radical (unpaired) electrons. The van der Waals surface area contributed by atoms with Gasteiger partial charge in [0.15, 0.2) is 0 Å². The number of aliphatic hydroxyl groups is 1.